The molecule has 5 rings (SSSR count). The zero-order chi connectivity index (χ0) is 35.1. The fourth-order valence-corrected chi connectivity index (χ4v) is 11.8. The van der Waals surface area contributed by atoms with Gasteiger partial charge in [-0.1, -0.05) is 72.8 Å². The van der Waals surface area contributed by atoms with Crippen LogP contribution >= 0.6 is 15.8 Å². The predicted molar refractivity (Wildman–Crippen MR) is 176 cm³/mol. The minimum atomic E-state index is -4.79. The van der Waals surface area contributed by atoms with Crippen molar-refractivity contribution in [3.05, 3.63) is 121 Å². The average molecular weight is 832 g/mol. The Bertz CT molecular complexity index is 2110. The number of hydrogen-bond acceptors (Lipinski definition) is 12. The Morgan fingerprint density at radius 3 is 0.647 bits per heavy atom. The molecule has 0 aliphatic heterocycles. The Balaban J connectivity index is 0.00000300. The van der Waals surface area contributed by atoms with E-state index in [4.69, 9.17) is 0 Å². The Morgan fingerprint density at radius 2 is 0.490 bits per heavy atom. The molecule has 0 radical (unpaired) electrons. The van der Waals surface area contributed by atoms with Crippen LogP contribution in [0.1, 0.15) is 0 Å². The molecule has 0 amide bonds. The summed E-state index contributed by atoms with van der Waals surface area (Å²) < 4.78 is 140. The third-order valence-electron chi connectivity index (χ3n) is 6.90. The van der Waals surface area contributed by atoms with Crippen molar-refractivity contribution in [1.82, 2.24) is 0 Å². The second-order valence-electron chi connectivity index (χ2n) is 9.95. The zero-order valence-corrected chi connectivity index (χ0v) is 38.0. The summed E-state index contributed by atoms with van der Waals surface area (Å²) in [5.74, 6) is 0. The summed E-state index contributed by atoms with van der Waals surface area (Å²) >= 11 is 0. The van der Waals surface area contributed by atoms with Crippen molar-refractivity contribution < 1.29 is 141 Å². The van der Waals surface area contributed by atoms with E-state index in [0.717, 1.165) is 48.5 Å². The number of rotatable bonds is 10. The molecular weight excluding hydrogens is 812 g/mol. The summed E-state index contributed by atoms with van der Waals surface area (Å²) in [4.78, 5) is -1.92. The second kappa shape index (κ2) is 18.5. The van der Waals surface area contributed by atoms with Gasteiger partial charge in [-0.25, -0.2) is 33.7 Å². The summed E-state index contributed by atoms with van der Waals surface area (Å²) in [5.41, 5.74) is 0. The summed E-state index contributed by atoms with van der Waals surface area (Å²) in [5, 5.41) is 3.37. The zero-order valence-electron chi connectivity index (χ0n) is 27.0. The SMILES string of the molecule is O=S(=O)([O-])c1ccc(P(c2ccc(S(=O)(=O)[O-])cc2)c2ccccc2P(c2ccc(S(=O)(=O)[O-])cc2)c2ccc(S(=O)(=O)[O-])cc2)cc1.[Na+].[Na+].[Na+]. The fraction of sp³-hybridized carbons (Fsp3) is 0. The maximum atomic E-state index is 11.7. The molecule has 0 bridgehead atoms. The van der Waals surface area contributed by atoms with Gasteiger partial charge in [0.1, 0.15) is 40.5 Å². The summed E-state index contributed by atoms with van der Waals surface area (Å²) in [7, 11) is -22.5. The maximum Gasteiger partial charge on any atom is 1.00 e. The topological polar surface area (TPSA) is 229 Å². The first-order valence-corrected chi connectivity index (χ1v) is 21.6. The molecule has 0 aliphatic rings. The van der Waals surface area contributed by atoms with E-state index in [9.17, 15) is 51.9 Å². The van der Waals surface area contributed by atoms with Crippen LogP contribution in [-0.2, 0) is 40.5 Å². The third kappa shape index (κ3) is 11.6. The molecule has 250 valence electrons. The molecule has 0 aromatic heterocycles. The van der Waals surface area contributed by atoms with Gasteiger partial charge in [-0.2, -0.15) is 0 Å². The van der Waals surface area contributed by atoms with E-state index in [2.05, 4.69) is 0 Å². The van der Waals surface area contributed by atoms with Crippen LogP contribution < -0.4 is 120 Å². The van der Waals surface area contributed by atoms with Crippen molar-refractivity contribution >= 4 is 88.1 Å². The van der Waals surface area contributed by atoms with Crippen LogP contribution in [0.15, 0.2) is 141 Å². The first kappa shape index (κ1) is 46.8. The molecule has 0 atom stereocenters. The minimum Gasteiger partial charge on any atom is -0.744 e. The first-order valence-electron chi connectivity index (χ1n) is 13.3. The van der Waals surface area contributed by atoms with Crippen LogP contribution in [0.5, 0.6) is 0 Å². The van der Waals surface area contributed by atoms with Gasteiger partial charge >= 0.3 is 88.7 Å². The van der Waals surface area contributed by atoms with Crippen molar-refractivity contribution in [2.24, 2.45) is 0 Å². The predicted octanol–water partition coefficient (Wildman–Crippen LogP) is -8.17. The van der Waals surface area contributed by atoms with E-state index in [-0.39, 0.29) is 88.7 Å². The first-order chi connectivity index (χ1) is 22.3. The smallest absolute Gasteiger partial charge is 0.744 e. The molecule has 5 aromatic rings. The molecule has 0 saturated heterocycles. The third-order valence-corrected chi connectivity index (χ3v) is 15.5. The molecule has 0 N–H and O–H groups in total. The van der Waals surface area contributed by atoms with Gasteiger partial charge in [0.25, 0.3) is 0 Å². The quantitative estimate of drug-likeness (QED) is 0.0727. The second-order valence-corrected chi connectivity index (χ2v) is 19.8. The Hall–Kier alpha value is -0.400. The molecule has 0 aliphatic carbocycles. The molecule has 21 heteroatoms. The van der Waals surface area contributed by atoms with E-state index >= 15 is 0 Å². The van der Waals surface area contributed by atoms with Gasteiger partial charge < -0.3 is 18.2 Å². The molecule has 0 saturated carbocycles. The molecular formula is C30H20Na3O12P2S4-. The summed E-state index contributed by atoms with van der Waals surface area (Å²) in [6, 6.07) is 27.6. The number of hydrogen-bond donors (Lipinski definition) is 0. The van der Waals surface area contributed by atoms with Gasteiger partial charge in [-0.05, 0) is 96.2 Å². The van der Waals surface area contributed by atoms with E-state index in [1.165, 1.54) is 48.5 Å². The van der Waals surface area contributed by atoms with Gasteiger partial charge in [0, 0.05) is 0 Å². The van der Waals surface area contributed by atoms with Crippen LogP contribution in [0.25, 0.3) is 0 Å². The largest absolute Gasteiger partial charge is 1.00 e. The summed E-state index contributed by atoms with van der Waals surface area (Å²) in [6.45, 7) is 0. The van der Waals surface area contributed by atoms with Crippen LogP contribution in [-0.4, -0.2) is 51.9 Å². The van der Waals surface area contributed by atoms with Crippen molar-refractivity contribution in [3.8, 4) is 0 Å². The van der Waals surface area contributed by atoms with Crippen molar-refractivity contribution in [1.29, 1.82) is 0 Å². The molecule has 12 nitrogen and oxygen atoms in total. The van der Waals surface area contributed by atoms with E-state index in [1.54, 1.807) is 24.3 Å². The van der Waals surface area contributed by atoms with Gasteiger partial charge in [-0.3, -0.25) is 0 Å². The minimum absolute atomic E-state index is 0. The Kier molecular flexibility index (Phi) is 17.0. The Labute approximate surface area is 364 Å². The van der Waals surface area contributed by atoms with Crippen molar-refractivity contribution in [2.45, 2.75) is 19.6 Å². The summed E-state index contributed by atoms with van der Waals surface area (Å²) in [6.07, 6.45) is 0. The monoisotopic (exact) mass is 831 g/mol. The molecule has 5 aromatic carbocycles. The van der Waals surface area contributed by atoms with E-state index in [0.29, 0.717) is 31.8 Å². The van der Waals surface area contributed by atoms with Crippen LogP contribution in [0.2, 0.25) is 0 Å². The molecule has 0 fully saturated rings. The number of benzene rings is 5. The van der Waals surface area contributed by atoms with Gasteiger partial charge in [0.15, 0.2) is 0 Å². The van der Waals surface area contributed by atoms with Crippen LogP contribution in [0.3, 0.4) is 0 Å². The molecule has 0 heterocycles. The Morgan fingerprint density at radius 1 is 0.314 bits per heavy atom. The molecule has 51 heavy (non-hydrogen) atoms. The van der Waals surface area contributed by atoms with Crippen LogP contribution in [0, 0.1) is 0 Å². The fourth-order valence-electron chi connectivity index (χ4n) is 4.74. The van der Waals surface area contributed by atoms with Crippen LogP contribution in [0.4, 0.5) is 0 Å². The normalized spacial score (nSPS) is 12.0. The molecule has 0 spiro atoms. The standard InChI is InChI=1S/C30H24O12P2S4.3Na/c31-45(32,33)25-13-5-21(6-14-25)43(22-7-15-26(16-8-22)46(34,35)36)29-3-1-2-4-30(29)44(23-9-17-27(18-10-23)47(37,38)39)24-11-19-28(20-12-24)48(40,41)42;;;/h1-20H,(H,31,32,33)(H,34,35,36)(H,37,38,39)(H,40,41,42);;;/q;3*+1/p-4. The van der Waals surface area contributed by atoms with E-state index < -0.39 is 75.9 Å². The van der Waals surface area contributed by atoms with Crippen molar-refractivity contribution in [2.75, 3.05) is 0 Å². The van der Waals surface area contributed by atoms with Gasteiger partial charge in [-0.15, -0.1) is 0 Å². The van der Waals surface area contributed by atoms with Gasteiger partial charge in [0.2, 0.25) is 0 Å². The average Bonchev–Trinajstić information content (AvgIpc) is 3.01. The van der Waals surface area contributed by atoms with Gasteiger partial charge in [0.05, 0.1) is 19.6 Å². The van der Waals surface area contributed by atoms with E-state index in [1.807, 2.05) is 0 Å². The van der Waals surface area contributed by atoms with Crippen molar-refractivity contribution in [3.63, 3.8) is 0 Å². The maximum absolute atomic E-state index is 11.7. The molecule has 0 unspecified atom stereocenters.